The van der Waals surface area contributed by atoms with Gasteiger partial charge in [-0.05, 0) is 64.2 Å². The average Bonchev–Trinajstić information content (AvgIpc) is 3.37. The van der Waals surface area contributed by atoms with Crippen LogP contribution >= 0.6 is 0 Å². The van der Waals surface area contributed by atoms with Crippen molar-refractivity contribution < 1.29 is 69.0 Å². The molecule has 2 rings (SSSR count). The molecule has 11 unspecified atom stereocenters. The number of hydrogen-bond donors (Lipinski definition) is 7. The van der Waals surface area contributed by atoms with Crippen molar-refractivity contribution in [2.45, 2.75) is 248 Å². The molecule has 0 radical (unpaired) electrons. The smallest absolute Gasteiger partial charge is 0.306 e. The summed E-state index contributed by atoms with van der Waals surface area (Å²) in [6.07, 6.45) is 38.1. The molecule has 14 nitrogen and oxygen atoms in total. The molecule has 410 valence electrons. The first kappa shape index (κ1) is 64.5. The normalized spacial score (nSPS) is 25.9. The molecule has 11 atom stereocenters. The molecule has 0 amide bonds. The molecular formula is C57H98O14. The number of rotatable bonds is 43. The fourth-order valence-corrected chi connectivity index (χ4v) is 8.29. The summed E-state index contributed by atoms with van der Waals surface area (Å²) >= 11 is 0. The van der Waals surface area contributed by atoms with Crippen molar-refractivity contribution >= 4 is 5.97 Å². The number of aliphatic hydroxyl groups excluding tert-OH is 7. The molecule has 0 aromatic carbocycles. The van der Waals surface area contributed by atoms with Gasteiger partial charge in [-0.2, -0.15) is 0 Å². The van der Waals surface area contributed by atoms with Crippen molar-refractivity contribution in [3.63, 3.8) is 0 Å². The van der Waals surface area contributed by atoms with Gasteiger partial charge in [-0.1, -0.05) is 183 Å². The van der Waals surface area contributed by atoms with E-state index in [9.17, 15) is 40.5 Å². The van der Waals surface area contributed by atoms with Crippen LogP contribution in [0, 0.1) is 0 Å². The van der Waals surface area contributed by atoms with Gasteiger partial charge in [0, 0.05) is 13.0 Å². The summed E-state index contributed by atoms with van der Waals surface area (Å²) in [5.74, 6) is -0.401. The summed E-state index contributed by atoms with van der Waals surface area (Å²) in [4.78, 5) is 13.0. The minimum atomic E-state index is -1.71. The van der Waals surface area contributed by atoms with Crippen molar-refractivity contribution in [2.75, 3.05) is 33.0 Å². The lowest BCUT2D eigenvalue weighted by Crippen LogP contribution is -2.61. The van der Waals surface area contributed by atoms with Gasteiger partial charge in [0.25, 0.3) is 0 Å². The van der Waals surface area contributed by atoms with Crippen LogP contribution in [0.1, 0.15) is 181 Å². The molecule has 0 spiro atoms. The Morgan fingerprint density at radius 2 is 0.915 bits per heavy atom. The quantitative estimate of drug-likeness (QED) is 0.0173. The number of carbonyl (C=O) groups excluding carboxylic acids is 1. The van der Waals surface area contributed by atoms with E-state index in [-0.39, 0.29) is 19.6 Å². The second kappa shape index (κ2) is 43.8. The van der Waals surface area contributed by atoms with E-state index in [4.69, 9.17) is 28.4 Å². The van der Waals surface area contributed by atoms with Crippen molar-refractivity contribution in [3.05, 3.63) is 72.9 Å². The van der Waals surface area contributed by atoms with Crippen LogP contribution in [0.4, 0.5) is 0 Å². The number of hydrogen-bond acceptors (Lipinski definition) is 14. The van der Waals surface area contributed by atoms with Gasteiger partial charge in [0.15, 0.2) is 12.6 Å². The van der Waals surface area contributed by atoms with Gasteiger partial charge in [0.2, 0.25) is 0 Å². The van der Waals surface area contributed by atoms with Crippen molar-refractivity contribution in [1.82, 2.24) is 0 Å². The summed E-state index contributed by atoms with van der Waals surface area (Å²) < 4.78 is 34.3. The van der Waals surface area contributed by atoms with E-state index >= 15 is 0 Å². The Morgan fingerprint density at radius 3 is 1.44 bits per heavy atom. The van der Waals surface area contributed by atoms with Gasteiger partial charge in [-0.3, -0.25) is 4.79 Å². The van der Waals surface area contributed by atoms with Crippen molar-refractivity contribution in [3.8, 4) is 0 Å². The van der Waals surface area contributed by atoms with E-state index < -0.39 is 86.7 Å². The number of carbonyl (C=O) groups is 1. The highest BCUT2D eigenvalue weighted by molar-refractivity contribution is 5.69. The predicted octanol–water partition coefficient (Wildman–Crippen LogP) is 9.08. The maximum Gasteiger partial charge on any atom is 0.306 e. The zero-order chi connectivity index (χ0) is 51.6. The van der Waals surface area contributed by atoms with Crippen LogP contribution in [0.3, 0.4) is 0 Å². The number of aliphatic hydroxyl groups is 7. The minimum Gasteiger partial charge on any atom is -0.457 e. The summed E-state index contributed by atoms with van der Waals surface area (Å²) in [7, 11) is 0. The standard InChI is InChI=1S/C57H98O14/c1-3-5-7-9-11-13-15-17-19-20-21-22-23-24-25-26-27-28-30-32-34-36-38-40-49(59)69-46(43-66-41-39-37-35-33-31-29-18-16-14-12-10-8-6-4-2)44-67-56-55(65)53(63)51(61)48(71-56)45-68-57-54(64)52(62)50(60)47(42-58)70-57/h5,7,11,13,17,19,21-22,24-25,27-28,46-48,50-58,60-65H,3-4,6,8-10,12,14-16,18,20,23,26,29-45H2,1-2H3/b7-5-,13-11-,19-17-,22-21-,25-24-,28-27-. The summed E-state index contributed by atoms with van der Waals surface area (Å²) in [6.45, 7) is 3.54. The maximum atomic E-state index is 13.0. The van der Waals surface area contributed by atoms with E-state index in [0.29, 0.717) is 13.0 Å². The lowest BCUT2D eigenvalue weighted by molar-refractivity contribution is -0.332. The largest absolute Gasteiger partial charge is 0.457 e. The molecule has 14 heteroatoms. The third-order valence-electron chi connectivity index (χ3n) is 12.7. The monoisotopic (exact) mass is 1010 g/mol. The second-order valence-electron chi connectivity index (χ2n) is 19.0. The highest BCUT2D eigenvalue weighted by Crippen LogP contribution is 2.26. The first-order chi connectivity index (χ1) is 34.6. The van der Waals surface area contributed by atoms with Crippen LogP contribution in [0.15, 0.2) is 72.9 Å². The Morgan fingerprint density at radius 1 is 0.479 bits per heavy atom. The molecule has 2 aliphatic rings. The molecule has 0 aromatic heterocycles. The van der Waals surface area contributed by atoms with Gasteiger partial charge in [0.1, 0.15) is 54.9 Å². The third kappa shape index (κ3) is 31.0. The van der Waals surface area contributed by atoms with Crippen LogP contribution in [0.5, 0.6) is 0 Å². The maximum absolute atomic E-state index is 13.0. The van der Waals surface area contributed by atoms with Gasteiger partial charge in [0.05, 0.1) is 26.4 Å². The molecule has 2 saturated heterocycles. The predicted molar refractivity (Wildman–Crippen MR) is 279 cm³/mol. The number of ether oxygens (including phenoxy) is 6. The molecule has 0 bridgehead atoms. The van der Waals surface area contributed by atoms with Gasteiger partial charge in [-0.15, -0.1) is 0 Å². The Hall–Kier alpha value is -2.57. The molecule has 2 heterocycles. The van der Waals surface area contributed by atoms with Crippen LogP contribution in [0.2, 0.25) is 0 Å². The van der Waals surface area contributed by atoms with Crippen LogP contribution < -0.4 is 0 Å². The zero-order valence-corrected chi connectivity index (χ0v) is 43.7. The van der Waals surface area contributed by atoms with Crippen LogP contribution in [-0.2, 0) is 33.2 Å². The molecule has 2 fully saturated rings. The Labute approximate surface area is 427 Å². The summed E-state index contributed by atoms with van der Waals surface area (Å²) in [5, 5.41) is 72.2. The lowest BCUT2D eigenvalue weighted by Gasteiger charge is -2.42. The summed E-state index contributed by atoms with van der Waals surface area (Å²) in [5.41, 5.74) is 0. The van der Waals surface area contributed by atoms with E-state index in [1.807, 2.05) is 0 Å². The molecule has 71 heavy (non-hydrogen) atoms. The Kier molecular flexibility index (Phi) is 39.8. The third-order valence-corrected chi connectivity index (χ3v) is 12.7. The SMILES string of the molecule is CC/C=C\C/C=C\C/C=C\C/C=C\C/C=C\C/C=C\CCCCCCC(=O)OC(COCCCCCCCCCCCCCCCC)COC1OC(COC2OC(CO)C(O)C(O)C2O)C(O)C(O)C1O. The Balaban J connectivity index is 1.75. The number of allylic oxidation sites excluding steroid dienone is 12. The van der Waals surface area contributed by atoms with Gasteiger partial charge < -0.3 is 64.2 Å². The zero-order valence-electron chi connectivity index (χ0n) is 43.7. The van der Waals surface area contributed by atoms with Crippen LogP contribution in [-0.4, -0.2) is 142 Å². The average molecular weight is 1010 g/mol. The molecule has 2 aliphatic heterocycles. The topological polar surface area (TPSA) is 214 Å². The first-order valence-corrected chi connectivity index (χ1v) is 27.5. The van der Waals surface area contributed by atoms with E-state index in [1.54, 1.807) is 0 Å². The molecule has 7 N–H and O–H groups in total. The minimum absolute atomic E-state index is 0.0494. The van der Waals surface area contributed by atoms with Crippen LogP contribution in [0.25, 0.3) is 0 Å². The highest BCUT2D eigenvalue weighted by Gasteiger charge is 2.47. The van der Waals surface area contributed by atoms with Gasteiger partial charge >= 0.3 is 5.97 Å². The van der Waals surface area contributed by atoms with Crippen molar-refractivity contribution in [1.29, 1.82) is 0 Å². The lowest BCUT2D eigenvalue weighted by atomic mass is 9.98. The fourth-order valence-electron chi connectivity index (χ4n) is 8.29. The molecule has 0 aromatic rings. The molecular weight excluding hydrogens is 909 g/mol. The summed E-state index contributed by atoms with van der Waals surface area (Å²) in [6, 6.07) is 0. The van der Waals surface area contributed by atoms with E-state index in [0.717, 1.165) is 83.5 Å². The van der Waals surface area contributed by atoms with Gasteiger partial charge in [-0.25, -0.2) is 0 Å². The highest BCUT2D eigenvalue weighted by atomic mass is 16.7. The molecule has 0 saturated carbocycles. The second-order valence-corrected chi connectivity index (χ2v) is 19.0. The Bertz CT molecular complexity index is 1450. The van der Waals surface area contributed by atoms with Crippen molar-refractivity contribution in [2.24, 2.45) is 0 Å². The number of unbranched alkanes of at least 4 members (excludes halogenated alkanes) is 17. The first-order valence-electron chi connectivity index (χ1n) is 27.5. The fraction of sp³-hybridized carbons (Fsp3) is 0.772. The van der Waals surface area contributed by atoms with E-state index in [2.05, 4.69) is 86.8 Å². The molecule has 0 aliphatic carbocycles. The number of esters is 1. The van der Waals surface area contributed by atoms with E-state index in [1.165, 1.54) is 70.6 Å².